The number of oxime groups is 1. The predicted octanol–water partition coefficient (Wildman–Crippen LogP) is 3.65. The van der Waals surface area contributed by atoms with Gasteiger partial charge in [-0.2, -0.15) is 0 Å². The number of nitrogens with two attached hydrogens (primary N) is 1. The number of rotatable bonds is 4. The van der Waals surface area contributed by atoms with E-state index < -0.39 is 0 Å². The Morgan fingerprint density at radius 2 is 1.95 bits per heavy atom. The van der Waals surface area contributed by atoms with Crippen molar-refractivity contribution in [2.24, 2.45) is 10.9 Å². The first-order chi connectivity index (χ1) is 10.0. The first-order valence-corrected chi connectivity index (χ1v) is 6.94. The zero-order valence-corrected chi connectivity index (χ0v) is 13.2. The van der Waals surface area contributed by atoms with Crippen LogP contribution in [0.25, 0.3) is 0 Å². The summed E-state index contributed by atoms with van der Waals surface area (Å²) >= 11 is 3.41. The van der Waals surface area contributed by atoms with E-state index in [1.807, 2.05) is 25.1 Å². The van der Waals surface area contributed by atoms with Crippen molar-refractivity contribution < 1.29 is 14.7 Å². The van der Waals surface area contributed by atoms with Crippen molar-refractivity contribution in [3.63, 3.8) is 0 Å². The summed E-state index contributed by atoms with van der Waals surface area (Å²) in [5.74, 6) is 1.73. The first kappa shape index (κ1) is 15.2. The van der Waals surface area contributed by atoms with Gasteiger partial charge in [-0.3, -0.25) is 0 Å². The fraction of sp³-hybridized carbons (Fsp3) is 0.133. The van der Waals surface area contributed by atoms with Crippen molar-refractivity contribution in [1.82, 2.24) is 0 Å². The molecule has 110 valence electrons. The number of benzene rings is 2. The Labute approximate surface area is 131 Å². The average molecular weight is 351 g/mol. The lowest BCUT2D eigenvalue weighted by Gasteiger charge is -2.13. The fourth-order valence-electron chi connectivity index (χ4n) is 1.83. The molecule has 0 fully saturated rings. The third kappa shape index (κ3) is 3.46. The van der Waals surface area contributed by atoms with Crippen molar-refractivity contribution in [3.05, 3.63) is 52.0 Å². The molecule has 2 rings (SSSR count). The van der Waals surface area contributed by atoms with Gasteiger partial charge in [0.05, 0.1) is 12.7 Å². The number of hydrogen-bond donors (Lipinski definition) is 2. The number of methoxy groups -OCH3 is 1. The van der Waals surface area contributed by atoms with Crippen LogP contribution >= 0.6 is 15.9 Å². The summed E-state index contributed by atoms with van der Waals surface area (Å²) in [6.45, 7) is 1.93. The van der Waals surface area contributed by atoms with E-state index >= 15 is 0 Å². The lowest BCUT2D eigenvalue weighted by Crippen LogP contribution is -2.14. The molecule has 0 saturated heterocycles. The van der Waals surface area contributed by atoms with Gasteiger partial charge in [-0.25, -0.2) is 0 Å². The summed E-state index contributed by atoms with van der Waals surface area (Å²) in [4.78, 5) is 0. The van der Waals surface area contributed by atoms with Gasteiger partial charge in [0.1, 0.15) is 17.2 Å². The minimum Gasteiger partial charge on any atom is -0.497 e. The molecule has 0 saturated carbocycles. The molecule has 0 radical (unpaired) electrons. The van der Waals surface area contributed by atoms with E-state index in [2.05, 4.69) is 21.1 Å². The van der Waals surface area contributed by atoms with E-state index in [0.717, 1.165) is 10.0 Å². The molecule has 0 aliphatic rings. The molecule has 0 amide bonds. The van der Waals surface area contributed by atoms with Gasteiger partial charge in [-0.15, -0.1) is 0 Å². The van der Waals surface area contributed by atoms with Crippen LogP contribution in [0.4, 0.5) is 0 Å². The van der Waals surface area contributed by atoms with E-state index in [9.17, 15) is 0 Å². The standard InChI is InChI=1S/C15H15BrN2O3/c1-9-7-10(16)3-6-13(9)21-14-8-11(20-2)4-5-12(14)15(17)18-19/h3-8,19H,1-2H3,(H2,17,18). The maximum absolute atomic E-state index is 8.87. The van der Waals surface area contributed by atoms with Crippen LogP contribution in [0.1, 0.15) is 11.1 Å². The predicted molar refractivity (Wildman–Crippen MR) is 84.5 cm³/mol. The van der Waals surface area contributed by atoms with E-state index in [1.54, 1.807) is 25.3 Å². The van der Waals surface area contributed by atoms with Gasteiger partial charge in [0.2, 0.25) is 0 Å². The molecule has 2 aromatic rings. The summed E-state index contributed by atoms with van der Waals surface area (Å²) in [5.41, 5.74) is 7.12. The van der Waals surface area contributed by atoms with Crippen LogP contribution in [-0.4, -0.2) is 18.2 Å². The van der Waals surface area contributed by atoms with Gasteiger partial charge in [-0.05, 0) is 42.8 Å². The highest BCUT2D eigenvalue weighted by Crippen LogP contribution is 2.32. The lowest BCUT2D eigenvalue weighted by molar-refractivity contribution is 0.318. The van der Waals surface area contributed by atoms with Gasteiger partial charge < -0.3 is 20.4 Å². The molecule has 6 heteroatoms. The van der Waals surface area contributed by atoms with Crippen molar-refractivity contribution in [3.8, 4) is 17.2 Å². The third-order valence-electron chi connectivity index (χ3n) is 2.93. The second-order valence-corrected chi connectivity index (χ2v) is 5.27. The van der Waals surface area contributed by atoms with Crippen LogP contribution in [0, 0.1) is 6.92 Å². The first-order valence-electron chi connectivity index (χ1n) is 6.15. The number of halogens is 1. The van der Waals surface area contributed by atoms with Gasteiger partial charge in [0, 0.05) is 10.5 Å². The molecule has 0 heterocycles. The van der Waals surface area contributed by atoms with Crippen molar-refractivity contribution in [2.45, 2.75) is 6.92 Å². The lowest BCUT2D eigenvalue weighted by atomic mass is 10.1. The highest BCUT2D eigenvalue weighted by Gasteiger charge is 2.12. The second-order valence-electron chi connectivity index (χ2n) is 4.36. The molecule has 0 bridgehead atoms. The zero-order chi connectivity index (χ0) is 15.4. The van der Waals surface area contributed by atoms with Crippen LogP contribution in [-0.2, 0) is 0 Å². The summed E-state index contributed by atoms with van der Waals surface area (Å²) in [7, 11) is 1.56. The van der Waals surface area contributed by atoms with E-state index in [4.69, 9.17) is 20.4 Å². The van der Waals surface area contributed by atoms with Gasteiger partial charge in [0.25, 0.3) is 0 Å². The largest absolute Gasteiger partial charge is 0.497 e. The normalized spacial score (nSPS) is 11.3. The maximum atomic E-state index is 8.87. The molecule has 5 nitrogen and oxygen atoms in total. The molecule has 0 aliphatic heterocycles. The molecule has 0 atom stereocenters. The smallest absolute Gasteiger partial charge is 0.173 e. The Balaban J connectivity index is 2.46. The highest BCUT2D eigenvalue weighted by molar-refractivity contribution is 9.10. The van der Waals surface area contributed by atoms with Crippen molar-refractivity contribution >= 4 is 21.8 Å². The Morgan fingerprint density at radius 3 is 2.57 bits per heavy atom. The number of ether oxygens (including phenoxy) is 2. The summed E-state index contributed by atoms with van der Waals surface area (Å²) in [6, 6.07) is 10.8. The summed E-state index contributed by atoms with van der Waals surface area (Å²) in [5, 5.41) is 11.9. The Bertz CT molecular complexity index is 687. The van der Waals surface area contributed by atoms with Crippen LogP contribution in [0.5, 0.6) is 17.2 Å². The second kappa shape index (κ2) is 6.49. The molecule has 0 spiro atoms. The zero-order valence-electron chi connectivity index (χ0n) is 11.6. The van der Waals surface area contributed by atoms with Crippen LogP contribution in [0.2, 0.25) is 0 Å². The Kier molecular flexibility index (Phi) is 4.70. The molecule has 0 aromatic heterocycles. The van der Waals surface area contributed by atoms with Gasteiger partial charge >= 0.3 is 0 Å². The molecule has 0 unspecified atom stereocenters. The van der Waals surface area contributed by atoms with Crippen LogP contribution in [0.3, 0.4) is 0 Å². The fourth-order valence-corrected chi connectivity index (χ4v) is 2.30. The number of amidine groups is 1. The van der Waals surface area contributed by atoms with E-state index in [0.29, 0.717) is 22.8 Å². The van der Waals surface area contributed by atoms with E-state index in [-0.39, 0.29) is 5.84 Å². The Hall–Kier alpha value is -2.21. The number of aryl methyl sites for hydroxylation is 1. The van der Waals surface area contributed by atoms with Gasteiger partial charge in [-0.1, -0.05) is 21.1 Å². The van der Waals surface area contributed by atoms with Crippen LogP contribution < -0.4 is 15.2 Å². The summed E-state index contributed by atoms with van der Waals surface area (Å²) in [6.07, 6.45) is 0. The highest BCUT2D eigenvalue weighted by atomic mass is 79.9. The summed E-state index contributed by atoms with van der Waals surface area (Å²) < 4.78 is 12.0. The quantitative estimate of drug-likeness (QED) is 0.382. The molecular formula is C15H15BrN2O3. The topological polar surface area (TPSA) is 77.1 Å². The third-order valence-corrected chi connectivity index (χ3v) is 3.42. The molecular weight excluding hydrogens is 336 g/mol. The minimum atomic E-state index is -0.0255. The minimum absolute atomic E-state index is 0.0255. The number of nitrogens with zero attached hydrogens (tertiary/aromatic N) is 1. The van der Waals surface area contributed by atoms with Crippen LogP contribution in [0.15, 0.2) is 46.0 Å². The van der Waals surface area contributed by atoms with Crippen molar-refractivity contribution in [2.75, 3.05) is 7.11 Å². The molecule has 0 aliphatic carbocycles. The van der Waals surface area contributed by atoms with E-state index in [1.165, 1.54) is 0 Å². The Morgan fingerprint density at radius 1 is 1.19 bits per heavy atom. The monoisotopic (exact) mass is 350 g/mol. The van der Waals surface area contributed by atoms with Crippen molar-refractivity contribution in [1.29, 1.82) is 0 Å². The molecule has 21 heavy (non-hydrogen) atoms. The average Bonchev–Trinajstić information content (AvgIpc) is 2.49. The number of hydrogen-bond acceptors (Lipinski definition) is 4. The molecule has 3 N–H and O–H groups in total. The van der Waals surface area contributed by atoms with Gasteiger partial charge in [0.15, 0.2) is 5.84 Å². The SMILES string of the molecule is COc1ccc(/C(N)=N/O)c(Oc2ccc(Br)cc2C)c1. The molecule has 2 aromatic carbocycles. The maximum Gasteiger partial charge on any atom is 0.173 e.